The molecule has 0 spiro atoms. The van der Waals surface area contributed by atoms with Gasteiger partial charge in [-0.2, -0.15) is 0 Å². The van der Waals surface area contributed by atoms with Gasteiger partial charge in [0, 0.05) is 26.2 Å². The first-order chi connectivity index (χ1) is 11.8. The molecule has 0 atom stereocenters. The number of piperidine rings is 1. The molecule has 3 rings (SSSR count). The molecule has 0 bridgehead atoms. The fourth-order valence-electron chi connectivity index (χ4n) is 3.20. The second-order valence-electron chi connectivity index (χ2n) is 6.33. The number of ether oxygens (including phenoxy) is 1. The largest absolute Gasteiger partial charge is 0.497 e. The molecule has 0 aromatic heterocycles. The van der Waals surface area contributed by atoms with Crippen molar-refractivity contribution in [2.75, 3.05) is 37.0 Å². The molecule has 0 unspecified atom stereocenters. The Morgan fingerprint density at radius 1 is 1.08 bits per heavy atom. The number of anilines is 2. The first kappa shape index (κ1) is 16.7. The van der Waals surface area contributed by atoms with Gasteiger partial charge in [-0.15, -0.1) is 0 Å². The minimum absolute atomic E-state index is 0.311. The average molecular weight is 326 g/mol. The van der Waals surface area contributed by atoms with Crippen LogP contribution in [0.5, 0.6) is 5.75 Å². The summed E-state index contributed by atoms with van der Waals surface area (Å²) < 4.78 is 5.20. The number of nitrogens with zero attached hydrogens (tertiary/aromatic N) is 1. The van der Waals surface area contributed by atoms with Crippen LogP contribution in [-0.4, -0.2) is 31.9 Å². The van der Waals surface area contributed by atoms with Crippen molar-refractivity contribution >= 4 is 11.4 Å². The Kier molecular flexibility index (Phi) is 5.59. The van der Waals surface area contributed by atoms with Crippen molar-refractivity contribution in [2.45, 2.75) is 19.4 Å². The summed E-state index contributed by atoms with van der Waals surface area (Å²) in [4.78, 5) is 2.42. The van der Waals surface area contributed by atoms with E-state index in [1.54, 1.807) is 7.11 Å². The van der Waals surface area contributed by atoms with E-state index in [1.165, 1.54) is 11.3 Å². The number of hydrogen-bond donors (Lipinski definition) is 2. The average Bonchev–Trinajstić information content (AvgIpc) is 2.67. The molecule has 2 aromatic rings. The number of para-hydroxylation sites is 2. The normalized spacial score (nSPS) is 15.3. The summed E-state index contributed by atoms with van der Waals surface area (Å²) in [7, 11) is 1.68. The Bertz CT molecular complexity index is 634. The highest BCUT2D eigenvalue weighted by atomic mass is 16.5. The second-order valence-corrected chi connectivity index (χ2v) is 6.33. The van der Waals surface area contributed by atoms with Crippen LogP contribution >= 0.6 is 0 Å². The van der Waals surface area contributed by atoms with Crippen molar-refractivity contribution in [1.82, 2.24) is 0 Å². The number of aliphatic hydroxyl groups is 1. The van der Waals surface area contributed by atoms with E-state index < -0.39 is 0 Å². The summed E-state index contributed by atoms with van der Waals surface area (Å²) in [6.45, 7) is 3.11. The first-order valence-electron chi connectivity index (χ1n) is 8.62. The molecule has 1 heterocycles. The topological polar surface area (TPSA) is 44.7 Å². The highest BCUT2D eigenvalue weighted by Gasteiger charge is 2.20. The molecule has 1 aliphatic heterocycles. The van der Waals surface area contributed by atoms with Gasteiger partial charge in [-0.05, 0) is 48.6 Å². The van der Waals surface area contributed by atoms with E-state index in [0.717, 1.165) is 43.9 Å². The number of hydrogen-bond acceptors (Lipinski definition) is 4. The molecule has 2 N–H and O–H groups in total. The third kappa shape index (κ3) is 4.01. The standard InChI is InChI=1S/C20H26N2O2/c1-24-18-8-6-16(7-9-18)14-21-19-4-2-3-5-20(19)22-12-10-17(15-23)11-13-22/h2-9,17,21,23H,10-15H2,1H3. The Morgan fingerprint density at radius 3 is 2.46 bits per heavy atom. The summed E-state index contributed by atoms with van der Waals surface area (Å²) >= 11 is 0. The molecule has 4 heteroatoms. The van der Waals surface area contributed by atoms with E-state index in [9.17, 15) is 5.11 Å². The van der Waals surface area contributed by atoms with Crippen LogP contribution in [0.1, 0.15) is 18.4 Å². The SMILES string of the molecule is COc1ccc(CNc2ccccc2N2CCC(CO)CC2)cc1. The molecule has 0 aliphatic carbocycles. The summed E-state index contributed by atoms with van der Waals surface area (Å²) in [5.74, 6) is 1.34. The molecule has 0 amide bonds. The van der Waals surface area contributed by atoms with E-state index in [2.05, 4.69) is 46.6 Å². The maximum atomic E-state index is 9.31. The van der Waals surface area contributed by atoms with Gasteiger partial charge >= 0.3 is 0 Å². The fraction of sp³-hybridized carbons (Fsp3) is 0.400. The van der Waals surface area contributed by atoms with Crippen molar-refractivity contribution in [3.8, 4) is 5.75 Å². The van der Waals surface area contributed by atoms with Crippen LogP contribution in [0.25, 0.3) is 0 Å². The highest BCUT2D eigenvalue weighted by molar-refractivity contribution is 5.70. The molecule has 0 saturated carbocycles. The van der Waals surface area contributed by atoms with Crippen LogP contribution in [0, 0.1) is 5.92 Å². The maximum absolute atomic E-state index is 9.31. The Morgan fingerprint density at radius 2 is 1.79 bits per heavy atom. The van der Waals surface area contributed by atoms with Gasteiger partial charge in [-0.3, -0.25) is 0 Å². The molecule has 2 aromatic carbocycles. The summed E-state index contributed by atoms with van der Waals surface area (Å²) in [5.41, 5.74) is 3.64. The first-order valence-corrected chi connectivity index (χ1v) is 8.62. The Hall–Kier alpha value is -2.20. The van der Waals surface area contributed by atoms with Gasteiger partial charge in [-0.25, -0.2) is 0 Å². The molecule has 24 heavy (non-hydrogen) atoms. The van der Waals surface area contributed by atoms with Gasteiger partial charge in [0.1, 0.15) is 5.75 Å². The number of aliphatic hydroxyl groups excluding tert-OH is 1. The quantitative estimate of drug-likeness (QED) is 0.852. The lowest BCUT2D eigenvalue weighted by Gasteiger charge is -2.34. The number of benzene rings is 2. The summed E-state index contributed by atoms with van der Waals surface area (Å²) in [5, 5.41) is 12.9. The van der Waals surface area contributed by atoms with Crippen LogP contribution in [0.3, 0.4) is 0 Å². The van der Waals surface area contributed by atoms with Crippen LogP contribution in [0.15, 0.2) is 48.5 Å². The van der Waals surface area contributed by atoms with Crippen molar-refractivity contribution in [1.29, 1.82) is 0 Å². The minimum atomic E-state index is 0.311. The Labute approximate surface area is 144 Å². The molecule has 1 saturated heterocycles. The van der Waals surface area contributed by atoms with Gasteiger partial charge in [0.25, 0.3) is 0 Å². The van der Waals surface area contributed by atoms with E-state index >= 15 is 0 Å². The highest BCUT2D eigenvalue weighted by Crippen LogP contribution is 2.30. The zero-order chi connectivity index (χ0) is 16.8. The lowest BCUT2D eigenvalue weighted by molar-refractivity contribution is 0.203. The van der Waals surface area contributed by atoms with Crippen LogP contribution in [0.4, 0.5) is 11.4 Å². The molecule has 128 valence electrons. The molecule has 1 aliphatic rings. The van der Waals surface area contributed by atoms with Crippen molar-refractivity contribution in [3.63, 3.8) is 0 Å². The van der Waals surface area contributed by atoms with Crippen molar-refractivity contribution in [3.05, 3.63) is 54.1 Å². The van der Waals surface area contributed by atoms with E-state index in [1.807, 2.05) is 12.1 Å². The third-order valence-corrected chi connectivity index (χ3v) is 4.76. The van der Waals surface area contributed by atoms with Crippen molar-refractivity contribution in [2.24, 2.45) is 5.92 Å². The van der Waals surface area contributed by atoms with Crippen molar-refractivity contribution < 1.29 is 9.84 Å². The fourth-order valence-corrected chi connectivity index (χ4v) is 3.20. The van der Waals surface area contributed by atoms with Gasteiger partial charge in [0.2, 0.25) is 0 Å². The number of methoxy groups -OCH3 is 1. The maximum Gasteiger partial charge on any atom is 0.118 e. The van der Waals surface area contributed by atoms with Crippen LogP contribution in [-0.2, 0) is 6.54 Å². The predicted octanol–water partition coefficient (Wildman–Crippen LogP) is 3.52. The lowest BCUT2D eigenvalue weighted by atomic mass is 9.97. The lowest BCUT2D eigenvalue weighted by Crippen LogP contribution is -2.35. The van der Waals surface area contributed by atoms with Gasteiger partial charge in [-0.1, -0.05) is 24.3 Å². The molecular weight excluding hydrogens is 300 g/mol. The van der Waals surface area contributed by atoms with Crippen LogP contribution < -0.4 is 15.0 Å². The zero-order valence-corrected chi connectivity index (χ0v) is 14.2. The molecule has 4 nitrogen and oxygen atoms in total. The molecule has 0 radical (unpaired) electrons. The van der Waals surface area contributed by atoms with Gasteiger partial charge < -0.3 is 20.1 Å². The monoisotopic (exact) mass is 326 g/mol. The van der Waals surface area contributed by atoms with E-state index in [-0.39, 0.29) is 0 Å². The summed E-state index contributed by atoms with van der Waals surface area (Å²) in [6, 6.07) is 16.6. The van der Waals surface area contributed by atoms with E-state index in [0.29, 0.717) is 12.5 Å². The second kappa shape index (κ2) is 8.06. The number of rotatable bonds is 6. The van der Waals surface area contributed by atoms with E-state index in [4.69, 9.17) is 4.74 Å². The predicted molar refractivity (Wildman–Crippen MR) is 98.8 cm³/mol. The molecule has 1 fully saturated rings. The molecular formula is C20H26N2O2. The van der Waals surface area contributed by atoms with Gasteiger partial charge in [0.15, 0.2) is 0 Å². The third-order valence-electron chi connectivity index (χ3n) is 4.76. The van der Waals surface area contributed by atoms with Crippen LogP contribution in [0.2, 0.25) is 0 Å². The minimum Gasteiger partial charge on any atom is -0.497 e. The smallest absolute Gasteiger partial charge is 0.118 e. The zero-order valence-electron chi connectivity index (χ0n) is 14.2. The van der Waals surface area contributed by atoms with Gasteiger partial charge in [0.05, 0.1) is 18.5 Å². The number of nitrogens with one attached hydrogen (secondary N) is 1. The Balaban J connectivity index is 1.65. The summed E-state index contributed by atoms with van der Waals surface area (Å²) in [6.07, 6.45) is 2.12.